The number of carbonyl (C=O) groups excluding carboxylic acids is 1. The van der Waals surface area contributed by atoms with Gasteiger partial charge in [-0.25, -0.2) is 9.18 Å². The lowest BCUT2D eigenvalue weighted by molar-refractivity contribution is 0.0227. The summed E-state index contributed by atoms with van der Waals surface area (Å²) in [6, 6.07) is 12.2. The van der Waals surface area contributed by atoms with E-state index in [2.05, 4.69) is 15.1 Å². The molecule has 30 heavy (non-hydrogen) atoms. The molecule has 1 atom stereocenters. The number of ether oxygens (including phenoxy) is 2. The minimum Gasteiger partial charge on any atom is -0.486 e. The summed E-state index contributed by atoms with van der Waals surface area (Å²) in [7, 11) is 0. The van der Waals surface area contributed by atoms with Crippen molar-refractivity contribution in [2.24, 2.45) is 0 Å². The summed E-state index contributed by atoms with van der Waals surface area (Å²) in [4.78, 5) is 20.6. The summed E-state index contributed by atoms with van der Waals surface area (Å²) in [5.41, 5.74) is 0.683. The Kier molecular flexibility index (Phi) is 5.51. The van der Waals surface area contributed by atoms with Crippen molar-refractivity contribution in [1.82, 2.24) is 15.1 Å². The molecule has 1 aromatic carbocycles. The lowest BCUT2D eigenvalue weighted by Gasteiger charge is -2.07. The average molecular weight is 409 g/mol. The van der Waals surface area contributed by atoms with Crippen molar-refractivity contribution in [3.05, 3.63) is 84.2 Å². The van der Waals surface area contributed by atoms with E-state index in [0.29, 0.717) is 22.9 Å². The molecule has 4 aromatic rings. The van der Waals surface area contributed by atoms with Crippen molar-refractivity contribution < 1.29 is 27.6 Å². The lowest BCUT2D eigenvalue weighted by Crippen LogP contribution is -2.08. The molecule has 0 fully saturated rings. The number of nitrogens with zero attached hydrogens (tertiary/aromatic N) is 3. The number of carbonyl (C=O) groups is 1. The van der Waals surface area contributed by atoms with Crippen molar-refractivity contribution in [2.75, 3.05) is 0 Å². The van der Waals surface area contributed by atoms with Crippen LogP contribution in [0, 0.1) is 5.82 Å². The van der Waals surface area contributed by atoms with Crippen LogP contribution in [-0.2, 0) is 11.3 Å². The number of pyridine rings is 1. The van der Waals surface area contributed by atoms with Gasteiger partial charge < -0.3 is 18.4 Å². The van der Waals surface area contributed by atoms with E-state index < -0.39 is 12.1 Å². The fraction of sp³-hybridized carbons (Fsp3) is 0.143. The van der Waals surface area contributed by atoms with E-state index in [1.807, 2.05) is 0 Å². The highest BCUT2D eigenvalue weighted by atomic mass is 19.1. The molecule has 0 saturated heterocycles. The Labute approximate surface area is 170 Å². The largest absolute Gasteiger partial charge is 0.486 e. The van der Waals surface area contributed by atoms with Crippen LogP contribution < -0.4 is 4.74 Å². The monoisotopic (exact) mass is 409 g/mol. The zero-order valence-electron chi connectivity index (χ0n) is 15.8. The molecule has 8 nitrogen and oxygen atoms in total. The molecule has 152 valence electrons. The second-order valence-corrected chi connectivity index (χ2v) is 6.25. The van der Waals surface area contributed by atoms with Gasteiger partial charge in [0.15, 0.2) is 6.10 Å². The Balaban J connectivity index is 1.35. The van der Waals surface area contributed by atoms with Crippen molar-refractivity contribution in [3.63, 3.8) is 0 Å². The van der Waals surface area contributed by atoms with Crippen LogP contribution in [0.3, 0.4) is 0 Å². The second-order valence-electron chi connectivity index (χ2n) is 6.25. The zero-order valence-corrected chi connectivity index (χ0v) is 15.8. The molecule has 0 spiro atoms. The third-order valence-electron chi connectivity index (χ3n) is 4.05. The SMILES string of the molecule is CC(OC(=O)c1ccc(COc2ccc(F)cc2)o1)c1nc(-c2cccnc2)no1. The Bertz CT molecular complexity index is 1130. The van der Waals surface area contributed by atoms with Crippen LogP contribution in [-0.4, -0.2) is 21.1 Å². The summed E-state index contributed by atoms with van der Waals surface area (Å²) in [6.45, 7) is 1.69. The van der Waals surface area contributed by atoms with Crippen molar-refractivity contribution >= 4 is 5.97 Å². The van der Waals surface area contributed by atoms with Gasteiger partial charge in [-0.15, -0.1) is 0 Å². The van der Waals surface area contributed by atoms with Crippen LogP contribution in [0.5, 0.6) is 5.75 Å². The first-order chi connectivity index (χ1) is 14.6. The normalized spacial score (nSPS) is 11.8. The number of benzene rings is 1. The molecule has 0 N–H and O–H groups in total. The van der Waals surface area contributed by atoms with E-state index in [1.165, 1.54) is 30.3 Å². The molecule has 1 unspecified atom stereocenters. The maximum Gasteiger partial charge on any atom is 0.375 e. The fourth-order valence-electron chi connectivity index (χ4n) is 2.53. The molecule has 0 radical (unpaired) electrons. The van der Waals surface area contributed by atoms with Gasteiger partial charge in [-0.05, 0) is 55.5 Å². The molecule has 0 aliphatic rings. The second kappa shape index (κ2) is 8.56. The van der Waals surface area contributed by atoms with Gasteiger partial charge in [-0.2, -0.15) is 4.98 Å². The maximum absolute atomic E-state index is 12.9. The number of aromatic nitrogens is 3. The van der Waals surface area contributed by atoms with Crippen LogP contribution in [0.25, 0.3) is 11.4 Å². The smallest absolute Gasteiger partial charge is 0.375 e. The summed E-state index contributed by atoms with van der Waals surface area (Å²) >= 11 is 0. The first-order valence-corrected chi connectivity index (χ1v) is 9.00. The standard InChI is InChI=1S/C21H16FN3O5/c1-13(20-24-19(25-30-20)14-3-2-10-23-11-14)28-21(26)18-9-8-17(29-18)12-27-16-6-4-15(22)5-7-16/h2-11,13H,12H2,1H3. The number of esters is 1. The Hall–Kier alpha value is -4.01. The van der Waals surface area contributed by atoms with E-state index in [-0.39, 0.29) is 24.1 Å². The molecule has 0 aliphatic carbocycles. The maximum atomic E-state index is 12.9. The van der Waals surface area contributed by atoms with E-state index in [1.54, 1.807) is 37.5 Å². The topological polar surface area (TPSA) is 100 Å². The molecule has 0 saturated carbocycles. The highest BCUT2D eigenvalue weighted by Gasteiger charge is 2.22. The van der Waals surface area contributed by atoms with Gasteiger partial charge in [-0.3, -0.25) is 4.98 Å². The van der Waals surface area contributed by atoms with Gasteiger partial charge in [0.05, 0.1) is 0 Å². The van der Waals surface area contributed by atoms with Crippen LogP contribution in [0.2, 0.25) is 0 Å². The zero-order chi connectivity index (χ0) is 20.9. The number of hydrogen-bond donors (Lipinski definition) is 0. The highest BCUT2D eigenvalue weighted by Crippen LogP contribution is 2.22. The minimum absolute atomic E-state index is 0.00607. The van der Waals surface area contributed by atoms with Crippen molar-refractivity contribution in [3.8, 4) is 17.1 Å². The highest BCUT2D eigenvalue weighted by molar-refractivity contribution is 5.86. The average Bonchev–Trinajstić information content (AvgIpc) is 3.44. The summed E-state index contributed by atoms with van der Waals surface area (Å²) < 4.78 is 34.4. The van der Waals surface area contributed by atoms with Crippen LogP contribution in [0.4, 0.5) is 4.39 Å². The Morgan fingerprint density at radius 3 is 2.77 bits per heavy atom. The minimum atomic E-state index is -0.778. The molecule has 4 rings (SSSR count). The molecule has 0 amide bonds. The van der Waals surface area contributed by atoms with Crippen molar-refractivity contribution in [1.29, 1.82) is 0 Å². The quantitative estimate of drug-likeness (QED) is 0.415. The summed E-state index contributed by atoms with van der Waals surface area (Å²) in [5.74, 6) is 0.353. The predicted octanol–water partition coefficient (Wildman–Crippen LogP) is 4.36. The molecule has 0 bridgehead atoms. The van der Waals surface area contributed by atoms with E-state index in [9.17, 15) is 9.18 Å². The lowest BCUT2D eigenvalue weighted by atomic mass is 10.3. The first-order valence-electron chi connectivity index (χ1n) is 9.00. The van der Waals surface area contributed by atoms with Gasteiger partial charge in [0, 0.05) is 18.0 Å². The molecular formula is C21H16FN3O5. The number of hydrogen-bond acceptors (Lipinski definition) is 8. The van der Waals surface area contributed by atoms with Gasteiger partial charge in [0.1, 0.15) is 23.9 Å². The third-order valence-corrected chi connectivity index (χ3v) is 4.05. The van der Waals surface area contributed by atoms with E-state index in [0.717, 1.165) is 0 Å². The Morgan fingerprint density at radius 1 is 1.17 bits per heavy atom. The van der Waals surface area contributed by atoms with Crippen LogP contribution in [0.1, 0.15) is 35.2 Å². The molecular weight excluding hydrogens is 393 g/mol. The third kappa shape index (κ3) is 4.52. The van der Waals surface area contributed by atoms with Gasteiger partial charge in [0.2, 0.25) is 11.6 Å². The van der Waals surface area contributed by atoms with Gasteiger partial charge in [0.25, 0.3) is 5.89 Å². The van der Waals surface area contributed by atoms with Gasteiger partial charge >= 0.3 is 5.97 Å². The first kappa shape index (κ1) is 19.3. The molecule has 0 aliphatic heterocycles. The number of halogens is 1. The Morgan fingerprint density at radius 2 is 2.00 bits per heavy atom. The summed E-state index contributed by atoms with van der Waals surface area (Å²) in [5, 5.41) is 3.87. The number of rotatable bonds is 7. The van der Waals surface area contributed by atoms with Crippen LogP contribution >= 0.6 is 0 Å². The van der Waals surface area contributed by atoms with E-state index in [4.69, 9.17) is 18.4 Å². The molecule has 3 aromatic heterocycles. The van der Waals surface area contributed by atoms with E-state index >= 15 is 0 Å². The van der Waals surface area contributed by atoms with Gasteiger partial charge in [-0.1, -0.05) is 5.16 Å². The predicted molar refractivity (Wildman–Crippen MR) is 101 cm³/mol. The fourth-order valence-corrected chi connectivity index (χ4v) is 2.53. The number of furan rings is 1. The molecule has 3 heterocycles. The van der Waals surface area contributed by atoms with Crippen molar-refractivity contribution in [2.45, 2.75) is 19.6 Å². The van der Waals surface area contributed by atoms with Crippen LogP contribution in [0.15, 0.2) is 69.9 Å². The molecule has 9 heteroatoms. The summed E-state index contributed by atoms with van der Waals surface area (Å²) in [6.07, 6.45) is 2.46.